The van der Waals surface area contributed by atoms with Gasteiger partial charge in [-0.2, -0.15) is 5.10 Å². The summed E-state index contributed by atoms with van der Waals surface area (Å²) in [4.78, 5) is 4.13. The Balaban J connectivity index is 2.25. The van der Waals surface area contributed by atoms with Gasteiger partial charge in [0.15, 0.2) is 0 Å². The first-order chi connectivity index (χ1) is 9.65. The Kier molecular flexibility index (Phi) is 4.74. The van der Waals surface area contributed by atoms with Crippen molar-refractivity contribution in [1.82, 2.24) is 14.8 Å². The maximum atomic E-state index is 10.5. The Morgan fingerprint density at radius 2 is 2.10 bits per heavy atom. The lowest BCUT2D eigenvalue weighted by Gasteiger charge is -2.13. The summed E-state index contributed by atoms with van der Waals surface area (Å²) in [6.07, 6.45) is 3.52. The van der Waals surface area contributed by atoms with Crippen molar-refractivity contribution in [3.05, 3.63) is 41.5 Å². The van der Waals surface area contributed by atoms with Crippen LogP contribution in [0.5, 0.6) is 5.75 Å². The van der Waals surface area contributed by atoms with Crippen LogP contribution < -0.4 is 4.74 Å². The average molecular weight is 275 g/mol. The lowest BCUT2D eigenvalue weighted by Crippen LogP contribution is -2.09. The molecule has 5 heteroatoms. The van der Waals surface area contributed by atoms with Crippen LogP contribution in [0.2, 0.25) is 0 Å². The molecular formula is C15H21N3O2. The number of aliphatic hydroxyl groups is 1. The Labute approximate surface area is 119 Å². The number of aliphatic hydroxyl groups excluding tert-OH is 1. The Morgan fingerprint density at radius 3 is 2.80 bits per heavy atom. The van der Waals surface area contributed by atoms with Crippen LogP contribution in [0.4, 0.5) is 0 Å². The van der Waals surface area contributed by atoms with Gasteiger partial charge in [0, 0.05) is 18.3 Å². The normalized spacial score (nSPS) is 12.4. The number of pyridine rings is 1. The number of rotatable bonds is 6. The summed E-state index contributed by atoms with van der Waals surface area (Å²) in [6.45, 7) is 7.34. The zero-order valence-electron chi connectivity index (χ0n) is 12.2. The number of aromatic nitrogens is 3. The standard InChI is InChI=1S/C15H21N3O2/c1-4-6-20-13-8-12(9-16-10-13)15(19)14-7-11(3)17-18(14)5-2/h7-10,15,19H,4-6H2,1-3H3. The van der Waals surface area contributed by atoms with E-state index in [1.54, 1.807) is 17.1 Å². The van der Waals surface area contributed by atoms with E-state index in [-0.39, 0.29) is 0 Å². The van der Waals surface area contributed by atoms with Gasteiger partial charge >= 0.3 is 0 Å². The molecule has 0 aliphatic heterocycles. The molecule has 1 unspecified atom stereocenters. The van der Waals surface area contributed by atoms with Crippen molar-refractivity contribution in [1.29, 1.82) is 0 Å². The van der Waals surface area contributed by atoms with E-state index in [0.717, 1.165) is 24.4 Å². The molecule has 2 aromatic rings. The van der Waals surface area contributed by atoms with E-state index in [1.807, 2.05) is 26.0 Å². The van der Waals surface area contributed by atoms with E-state index in [4.69, 9.17) is 4.74 Å². The maximum absolute atomic E-state index is 10.5. The van der Waals surface area contributed by atoms with Crippen LogP contribution in [0.1, 0.15) is 43.3 Å². The minimum Gasteiger partial charge on any atom is -0.492 e. The maximum Gasteiger partial charge on any atom is 0.137 e. The van der Waals surface area contributed by atoms with Crippen LogP contribution in [0.3, 0.4) is 0 Å². The fraction of sp³-hybridized carbons (Fsp3) is 0.467. The predicted octanol–water partition coefficient (Wildman–Crippen LogP) is 2.48. The van der Waals surface area contributed by atoms with Gasteiger partial charge in [-0.1, -0.05) is 6.92 Å². The van der Waals surface area contributed by atoms with Crippen LogP contribution >= 0.6 is 0 Å². The van der Waals surface area contributed by atoms with Crippen LogP contribution in [-0.4, -0.2) is 26.5 Å². The Hall–Kier alpha value is -1.88. The molecule has 2 heterocycles. The monoisotopic (exact) mass is 275 g/mol. The second kappa shape index (κ2) is 6.52. The molecule has 0 spiro atoms. The summed E-state index contributed by atoms with van der Waals surface area (Å²) >= 11 is 0. The van der Waals surface area contributed by atoms with Gasteiger partial charge in [-0.25, -0.2) is 0 Å². The van der Waals surface area contributed by atoms with Gasteiger partial charge in [0.05, 0.1) is 24.2 Å². The molecule has 0 radical (unpaired) electrons. The first-order valence-electron chi connectivity index (χ1n) is 6.95. The number of aryl methyl sites for hydroxylation is 2. The van der Waals surface area contributed by atoms with Crippen molar-refractivity contribution in [3.8, 4) is 5.75 Å². The molecule has 2 aromatic heterocycles. The SMILES string of the molecule is CCCOc1cncc(C(O)c2cc(C)nn2CC)c1. The van der Waals surface area contributed by atoms with Gasteiger partial charge in [0.2, 0.25) is 0 Å². The third-order valence-electron chi connectivity index (χ3n) is 3.04. The second-order valence-corrected chi connectivity index (χ2v) is 4.73. The Morgan fingerprint density at radius 1 is 1.30 bits per heavy atom. The highest BCUT2D eigenvalue weighted by Crippen LogP contribution is 2.24. The molecule has 0 fully saturated rings. The molecule has 5 nitrogen and oxygen atoms in total. The van der Waals surface area contributed by atoms with Gasteiger partial charge in [-0.3, -0.25) is 9.67 Å². The van der Waals surface area contributed by atoms with E-state index in [1.165, 1.54) is 0 Å². The summed E-state index contributed by atoms with van der Waals surface area (Å²) in [5, 5.41) is 14.9. The zero-order valence-corrected chi connectivity index (χ0v) is 12.2. The first kappa shape index (κ1) is 14.5. The summed E-state index contributed by atoms with van der Waals surface area (Å²) in [6, 6.07) is 3.73. The minimum absolute atomic E-state index is 0.646. The fourth-order valence-corrected chi connectivity index (χ4v) is 2.09. The minimum atomic E-state index is -0.742. The van der Waals surface area contributed by atoms with Gasteiger partial charge in [0.25, 0.3) is 0 Å². The molecule has 1 atom stereocenters. The molecule has 0 bridgehead atoms. The fourth-order valence-electron chi connectivity index (χ4n) is 2.09. The molecule has 0 aromatic carbocycles. The molecule has 0 amide bonds. The van der Waals surface area contributed by atoms with Crippen molar-refractivity contribution in [2.45, 2.75) is 39.8 Å². The largest absolute Gasteiger partial charge is 0.492 e. The van der Waals surface area contributed by atoms with Gasteiger partial charge < -0.3 is 9.84 Å². The van der Waals surface area contributed by atoms with E-state index < -0.39 is 6.10 Å². The molecule has 2 rings (SSSR count). The topological polar surface area (TPSA) is 60.2 Å². The Bertz CT molecular complexity index is 566. The summed E-state index contributed by atoms with van der Waals surface area (Å²) in [5.74, 6) is 0.683. The molecule has 0 saturated heterocycles. The van der Waals surface area contributed by atoms with Crippen LogP contribution in [-0.2, 0) is 6.54 Å². The van der Waals surface area contributed by atoms with Crippen molar-refractivity contribution >= 4 is 0 Å². The van der Waals surface area contributed by atoms with Gasteiger partial charge in [0.1, 0.15) is 11.9 Å². The summed E-state index contributed by atoms with van der Waals surface area (Å²) < 4.78 is 7.35. The lowest BCUT2D eigenvalue weighted by atomic mass is 10.1. The van der Waals surface area contributed by atoms with Crippen molar-refractivity contribution in [3.63, 3.8) is 0 Å². The summed E-state index contributed by atoms with van der Waals surface area (Å²) in [5.41, 5.74) is 2.39. The van der Waals surface area contributed by atoms with Crippen molar-refractivity contribution in [2.75, 3.05) is 6.61 Å². The van der Waals surface area contributed by atoms with Crippen LogP contribution in [0.15, 0.2) is 24.5 Å². The highest BCUT2D eigenvalue weighted by Gasteiger charge is 2.17. The number of ether oxygens (including phenoxy) is 1. The average Bonchev–Trinajstić information content (AvgIpc) is 2.85. The molecular weight excluding hydrogens is 254 g/mol. The van der Waals surface area contributed by atoms with Crippen LogP contribution in [0, 0.1) is 6.92 Å². The van der Waals surface area contributed by atoms with E-state index in [9.17, 15) is 5.11 Å². The van der Waals surface area contributed by atoms with Crippen LogP contribution in [0.25, 0.3) is 0 Å². The van der Waals surface area contributed by atoms with Crippen molar-refractivity contribution < 1.29 is 9.84 Å². The van der Waals surface area contributed by atoms with E-state index >= 15 is 0 Å². The third kappa shape index (κ3) is 3.17. The molecule has 108 valence electrons. The van der Waals surface area contributed by atoms with Gasteiger partial charge in [-0.05, 0) is 32.4 Å². The number of nitrogens with zero attached hydrogens (tertiary/aromatic N) is 3. The quantitative estimate of drug-likeness (QED) is 0.880. The predicted molar refractivity (Wildman–Crippen MR) is 76.7 cm³/mol. The lowest BCUT2D eigenvalue weighted by molar-refractivity contribution is 0.206. The summed E-state index contributed by atoms with van der Waals surface area (Å²) in [7, 11) is 0. The number of hydrogen-bond donors (Lipinski definition) is 1. The molecule has 1 N–H and O–H groups in total. The van der Waals surface area contributed by atoms with E-state index in [0.29, 0.717) is 17.9 Å². The highest BCUT2D eigenvalue weighted by atomic mass is 16.5. The second-order valence-electron chi connectivity index (χ2n) is 4.73. The zero-order chi connectivity index (χ0) is 14.5. The van der Waals surface area contributed by atoms with Gasteiger partial charge in [-0.15, -0.1) is 0 Å². The first-order valence-corrected chi connectivity index (χ1v) is 6.95. The highest BCUT2D eigenvalue weighted by molar-refractivity contribution is 5.30. The van der Waals surface area contributed by atoms with E-state index in [2.05, 4.69) is 17.0 Å². The smallest absolute Gasteiger partial charge is 0.137 e. The molecule has 0 aliphatic rings. The third-order valence-corrected chi connectivity index (χ3v) is 3.04. The number of hydrogen-bond acceptors (Lipinski definition) is 4. The molecule has 20 heavy (non-hydrogen) atoms. The molecule has 0 saturated carbocycles. The molecule has 0 aliphatic carbocycles. The van der Waals surface area contributed by atoms with Crippen molar-refractivity contribution in [2.24, 2.45) is 0 Å².